The number of hydrogen-bond donors (Lipinski definition) is 0. The van der Waals surface area contributed by atoms with E-state index in [9.17, 15) is 13.2 Å². The molecular weight excluding hydrogens is 274 g/mol. The summed E-state index contributed by atoms with van der Waals surface area (Å²) in [7, 11) is 0. The molecule has 0 fully saturated rings. The van der Waals surface area contributed by atoms with E-state index in [1.807, 2.05) is 0 Å². The topological polar surface area (TPSA) is 51.8 Å². The van der Waals surface area contributed by atoms with E-state index in [0.29, 0.717) is 0 Å². The quantitative estimate of drug-likeness (QED) is 0.752. The smallest absolute Gasteiger partial charge is 0.337 e. The van der Waals surface area contributed by atoms with Crippen LogP contribution in [0.2, 0.25) is 0 Å². The first kappa shape index (κ1) is 13.6. The molecule has 0 aliphatic heterocycles. The fourth-order valence-corrected chi connectivity index (χ4v) is 1.18. The van der Waals surface area contributed by atoms with Gasteiger partial charge in [0.1, 0.15) is 0 Å². The molecule has 0 saturated heterocycles. The van der Waals surface area contributed by atoms with Gasteiger partial charge in [-0.05, 0) is 6.07 Å². The molecule has 8 heteroatoms. The number of hydrogen-bond acceptors (Lipinski definition) is 4. The number of pyridine rings is 1. The summed E-state index contributed by atoms with van der Waals surface area (Å²) >= 11 is 0. The van der Waals surface area contributed by atoms with Crippen molar-refractivity contribution >= 4 is 0 Å². The van der Waals surface area contributed by atoms with Gasteiger partial charge in [0.15, 0.2) is 0 Å². The van der Waals surface area contributed by atoms with Crippen molar-refractivity contribution in [3.63, 3.8) is 0 Å². The fraction of sp³-hybridized carbons (Fsp3) is 0.111. The van der Waals surface area contributed by atoms with Gasteiger partial charge in [-0.15, -0.1) is 0 Å². The molecule has 0 aromatic carbocycles. The molecule has 0 aliphatic rings. The average molecular weight is 279 g/mol. The van der Waals surface area contributed by atoms with Gasteiger partial charge in [-0.25, -0.2) is 4.98 Å². The van der Waals surface area contributed by atoms with Crippen molar-refractivity contribution in [1.29, 1.82) is 0 Å². The van der Waals surface area contributed by atoms with Crippen LogP contribution in [-0.2, 0) is 24.7 Å². The number of halogens is 3. The largest absolute Gasteiger partial charge is 0.417 e. The summed E-state index contributed by atoms with van der Waals surface area (Å²) in [6.07, 6.45) is -2.42. The zero-order valence-corrected chi connectivity index (χ0v) is 9.67. The normalized spacial score (nSPS) is 11.0. The second kappa shape index (κ2) is 4.81. The van der Waals surface area contributed by atoms with E-state index in [-0.39, 0.29) is 35.8 Å². The maximum Gasteiger partial charge on any atom is 0.417 e. The Hall–Kier alpha value is -1.47. The standard InChI is InChI=1S/C9H5F3N3O.V/c1-5-14-8(16-15-5)6-4-13-3-2-7(6)9(10,11)12;/h2-4H,1H2;/q-1;. The maximum atomic E-state index is 12.6. The Kier molecular flexibility index (Phi) is 3.85. The second-order valence-corrected chi connectivity index (χ2v) is 2.93. The second-order valence-electron chi connectivity index (χ2n) is 2.93. The molecule has 0 saturated carbocycles. The Labute approximate surface area is 106 Å². The Morgan fingerprint density at radius 1 is 1.29 bits per heavy atom. The van der Waals surface area contributed by atoms with Crippen molar-refractivity contribution in [2.45, 2.75) is 6.18 Å². The Balaban J connectivity index is 0.00000144. The van der Waals surface area contributed by atoms with E-state index in [0.717, 1.165) is 18.5 Å². The van der Waals surface area contributed by atoms with Gasteiger partial charge in [0.2, 0.25) is 0 Å². The average Bonchev–Trinajstić information content (AvgIpc) is 2.64. The van der Waals surface area contributed by atoms with Crippen molar-refractivity contribution < 1.29 is 36.3 Å². The molecule has 0 N–H and O–H groups in total. The van der Waals surface area contributed by atoms with Crippen LogP contribution < -0.4 is 0 Å². The Bertz CT molecular complexity index is 512. The summed E-state index contributed by atoms with van der Waals surface area (Å²) in [4.78, 5) is 7.22. The van der Waals surface area contributed by atoms with Crippen molar-refractivity contribution in [3.8, 4) is 11.5 Å². The molecule has 0 amide bonds. The van der Waals surface area contributed by atoms with Crippen LogP contribution in [0.1, 0.15) is 11.4 Å². The first-order valence-corrected chi connectivity index (χ1v) is 4.16. The van der Waals surface area contributed by atoms with Gasteiger partial charge >= 0.3 is 6.18 Å². The minimum atomic E-state index is -4.49. The molecule has 0 aliphatic carbocycles. The zero-order chi connectivity index (χ0) is 11.8. The first-order valence-electron chi connectivity index (χ1n) is 4.16. The van der Waals surface area contributed by atoms with Gasteiger partial charge in [-0.1, -0.05) is 5.16 Å². The summed E-state index contributed by atoms with van der Waals surface area (Å²) in [5, 5.41) is 3.32. The zero-order valence-electron chi connectivity index (χ0n) is 8.27. The predicted molar refractivity (Wildman–Crippen MR) is 47.0 cm³/mol. The molecule has 0 unspecified atom stereocenters. The summed E-state index contributed by atoms with van der Waals surface area (Å²) in [6.45, 7) is 3.34. The van der Waals surface area contributed by atoms with Crippen LogP contribution in [0.4, 0.5) is 13.2 Å². The Morgan fingerprint density at radius 3 is 2.53 bits per heavy atom. The van der Waals surface area contributed by atoms with E-state index >= 15 is 0 Å². The van der Waals surface area contributed by atoms with Crippen molar-refractivity contribution in [2.24, 2.45) is 0 Å². The molecule has 1 radical (unpaired) electrons. The summed E-state index contributed by atoms with van der Waals surface area (Å²) in [5.41, 5.74) is -1.12. The number of nitrogens with zero attached hydrogens (tertiary/aromatic N) is 3. The number of rotatable bonds is 1. The molecule has 89 valence electrons. The van der Waals surface area contributed by atoms with E-state index < -0.39 is 11.7 Å². The summed E-state index contributed by atoms with van der Waals surface area (Å²) < 4.78 is 42.4. The van der Waals surface area contributed by atoms with Crippen LogP contribution >= 0.6 is 0 Å². The molecule has 17 heavy (non-hydrogen) atoms. The van der Waals surface area contributed by atoms with E-state index in [2.05, 4.69) is 26.6 Å². The molecule has 0 spiro atoms. The van der Waals surface area contributed by atoms with Crippen LogP contribution in [0.25, 0.3) is 11.5 Å². The maximum absolute atomic E-state index is 12.6. The molecule has 2 heterocycles. The van der Waals surface area contributed by atoms with Gasteiger partial charge in [0.25, 0.3) is 5.89 Å². The molecular formula is C9H5F3N3OV-. The molecule has 0 atom stereocenters. The molecule has 2 aromatic rings. The van der Waals surface area contributed by atoms with Crippen LogP contribution in [-0.4, -0.2) is 15.1 Å². The molecule has 0 bridgehead atoms. The first-order chi connectivity index (χ1) is 7.48. The third-order valence-corrected chi connectivity index (χ3v) is 1.82. The van der Waals surface area contributed by atoms with Crippen molar-refractivity contribution in [1.82, 2.24) is 15.1 Å². The van der Waals surface area contributed by atoms with Crippen molar-refractivity contribution in [3.05, 3.63) is 36.8 Å². The van der Waals surface area contributed by atoms with Crippen LogP contribution in [0.5, 0.6) is 0 Å². The van der Waals surface area contributed by atoms with E-state index in [1.54, 1.807) is 0 Å². The molecule has 2 aromatic heterocycles. The fourth-order valence-electron chi connectivity index (χ4n) is 1.18. The SMILES string of the molecule is [CH2-]c1noc(-c2cnccc2C(F)(F)F)n1.[V]. The van der Waals surface area contributed by atoms with Gasteiger partial charge < -0.3 is 11.4 Å². The monoisotopic (exact) mass is 279 g/mol. The van der Waals surface area contributed by atoms with Gasteiger partial charge in [-0.2, -0.15) is 13.2 Å². The third-order valence-electron chi connectivity index (χ3n) is 1.82. The van der Waals surface area contributed by atoms with Crippen LogP contribution in [0.15, 0.2) is 23.0 Å². The van der Waals surface area contributed by atoms with Gasteiger partial charge in [0.05, 0.1) is 11.1 Å². The minimum absolute atomic E-state index is 0. The van der Waals surface area contributed by atoms with Crippen molar-refractivity contribution in [2.75, 3.05) is 0 Å². The molecule has 2 rings (SSSR count). The predicted octanol–water partition coefficient (Wildman–Crippen LogP) is 2.33. The Morgan fingerprint density at radius 2 is 2.00 bits per heavy atom. The van der Waals surface area contributed by atoms with Gasteiger partial charge in [-0.3, -0.25) is 4.98 Å². The van der Waals surface area contributed by atoms with Gasteiger partial charge in [0, 0.05) is 36.8 Å². The molecule has 4 nitrogen and oxygen atoms in total. The summed E-state index contributed by atoms with van der Waals surface area (Å²) in [5.74, 6) is -0.225. The summed E-state index contributed by atoms with van der Waals surface area (Å²) in [6, 6.07) is 0.849. The van der Waals surface area contributed by atoms with E-state index in [1.165, 1.54) is 0 Å². The van der Waals surface area contributed by atoms with Crippen LogP contribution in [0, 0.1) is 6.92 Å². The third kappa shape index (κ3) is 2.80. The minimum Gasteiger partial charge on any atom is -0.337 e. The number of aromatic nitrogens is 3. The van der Waals surface area contributed by atoms with Crippen LogP contribution in [0.3, 0.4) is 0 Å². The van der Waals surface area contributed by atoms with E-state index in [4.69, 9.17) is 0 Å². The number of alkyl halides is 3.